The van der Waals surface area contributed by atoms with E-state index in [4.69, 9.17) is 32.5 Å². The third kappa shape index (κ3) is 4.59. The molecule has 0 aromatic heterocycles. The van der Waals surface area contributed by atoms with Crippen molar-refractivity contribution in [1.29, 1.82) is 0 Å². The van der Waals surface area contributed by atoms with E-state index in [1.165, 1.54) is 7.11 Å². The lowest BCUT2D eigenvalue weighted by Crippen LogP contribution is -2.39. The Morgan fingerprint density at radius 1 is 1.37 bits per heavy atom. The Bertz CT molecular complexity index is 515. The van der Waals surface area contributed by atoms with Crippen molar-refractivity contribution in [3.05, 3.63) is 33.8 Å². The van der Waals surface area contributed by atoms with Crippen molar-refractivity contribution >= 4 is 33.5 Å². The molecule has 8 heteroatoms. The Morgan fingerprint density at radius 3 is 2.26 bits per heavy atom. The molecule has 0 aliphatic carbocycles. The third-order valence-corrected chi connectivity index (χ3v) is 3.90. The molecule has 1 aromatic rings. The van der Waals surface area contributed by atoms with E-state index in [1.807, 2.05) is 0 Å². The molecule has 0 saturated heterocycles. The van der Waals surface area contributed by atoms with Crippen LogP contribution in [-0.2, 0) is 15.0 Å². The molecule has 0 aliphatic rings. The van der Waals surface area contributed by atoms with Crippen molar-refractivity contribution in [2.24, 2.45) is 0 Å². The average Bonchev–Trinajstić information content (AvgIpc) is 2.30. The predicted molar refractivity (Wildman–Crippen MR) is 75.0 cm³/mol. The van der Waals surface area contributed by atoms with Gasteiger partial charge in [0, 0.05) is 22.7 Å². The maximum Gasteiger partial charge on any atom is 0.333 e. The maximum atomic E-state index is 10.9. The average molecular weight is 328 g/mol. The van der Waals surface area contributed by atoms with Crippen LogP contribution in [0.3, 0.4) is 0 Å². The number of hydrogen-bond acceptors (Lipinski definition) is 3. The zero-order chi connectivity index (χ0) is 14.6. The summed E-state index contributed by atoms with van der Waals surface area (Å²) in [5.41, 5.74) is 0.483. The normalized spacial score (nSPS) is 15.2. The molecular weight excluding hydrogens is 313 g/mol. The number of halogens is 2. The molecule has 0 fully saturated rings. The van der Waals surface area contributed by atoms with Crippen molar-refractivity contribution in [1.82, 2.24) is 4.72 Å². The maximum absolute atomic E-state index is 10.9. The summed E-state index contributed by atoms with van der Waals surface area (Å²) >= 11 is 12.1. The molecular formula is C11H15Cl2NO4S. The molecule has 0 saturated carbocycles. The highest BCUT2D eigenvalue weighted by Gasteiger charge is 2.28. The van der Waals surface area contributed by atoms with Gasteiger partial charge in [-0.05, 0) is 18.6 Å². The molecule has 0 amide bonds. The van der Waals surface area contributed by atoms with Gasteiger partial charge in [-0.25, -0.2) is 0 Å². The lowest BCUT2D eigenvalue weighted by atomic mass is 10.0. The minimum atomic E-state index is -4.34. The molecule has 0 unspecified atom stereocenters. The molecule has 19 heavy (non-hydrogen) atoms. The molecule has 2 atom stereocenters. The highest BCUT2D eigenvalue weighted by molar-refractivity contribution is 7.83. The number of ether oxygens (including phenoxy) is 1. The van der Waals surface area contributed by atoms with Crippen LogP contribution in [0.2, 0.25) is 10.0 Å². The van der Waals surface area contributed by atoms with E-state index < -0.39 is 22.4 Å². The molecule has 1 rings (SSSR count). The second-order valence-electron chi connectivity index (χ2n) is 3.90. The largest absolute Gasteiger partial charge is 0.375 e. The van der Waals surface area contributed by atoms with Gasteiger partial charge < -0.3 is 4.74 Å². The van der Waals surface area contributed by atoms with Gasteiger partial charge in [-0.3, -0.25) is 4.55 Å². The van der Waals surface area contributed by atoms with Gasteiger partial charge in [0.15, 0.2) is 0 Å². The first-order valence-corrected chi connectivity index (χ1v) is 7.71. The van der Waals surface area contributed by atoms with Gasteiger partial charge in [-0.2, -0.15) is 13.1 Å². The van der Waals surface area contributed by atoms with Crippen LogP contribution in [0.15, 0.2) is 18.2 Å². The van der Waals surface area contributed by atoms with Crippen LogP contribution in [0.1, 0.15) is 25.0 Å². The topological polar surface area (TPSA) is 75.6 Å². The second kappa shape index (κ2) is 6.88. The number of rotatable bonds is 6. The first kappa shape index (κ1) is 16.7. The van der Waals surface area contributed by atoms with E-state index in [0.717, 1.165) is 0 Å². The van der Waals surface area contributed by atoms with E-state index in [-0.39, 0.29) is 0 Å². The van der Waals surface area contributed by atoms with E-state index >= 15 is 0 Å². The fourth-order valence-corrected chi connectivity index (χ4v) is 3.10. The molecule has 2 N–H and O–H groups in total. The van der Waals surface area contributed by atoms with Gasteiger partial charge >= 0.3 is 10.3 Å². The highest BCUT2D eigenvalue weighted by atomic mass is 35.5. The zero-order valence-corrected chi connectivity index (χ0v) is 12.8. The fraction of sp³-hybridized carbons (Fsp3) is 0.455. The Morgan fingerprint density at radius 2 is 1.89 bits per heavy atom. The Labute approximate surface area is 122 Å². The van der Waals surface area contributed by atoms with Gasteiger partial charge in [0.05, 0.1) is 6.04 Å². The van der Waals surface area contributed by atoms with Crippen LogP contribution < -0.4 is 4.72 Å². The first-order chi connectivity index (χ1) is 8.80. The lowest BCUT2D eigenvalue weighted by Gasteiger charge is -2.26. The third-order valence-electron chi connectivity index (χ3n) is 2.64. The number of hydrogen-bond donors (Lipinski definition) is 2. The Hall–Kier alpha value is -0.370. The quantitative estimate of drug-likeness (QED) is 0.788. The van der Waals surface area contributed by atoms with Crippen LogP contribution in [0.25, 0.3) is 0 Å². The van der Waals surface area contributed by atoms with Gasteiger partial charge in [0.2, 0.25) is 0 Å². The predicted octanol–water partition coefficient (Wildman–Crippen LogP) is 2.85. The van der Waals surface area contributed by atoms with Crippen molar-refractivity contribution < 1.29 is 17.7 Å². The summed E-state index contributed by atoms with van der Waals surface area (Å²) in [6.45, 7) is 1.75. The van der Waals surface area contributed by atoms with Gasteiger partial charge in [-0.15, -0.1) is 0 Å². The van der Waals surface area contributed by atoms with Crippen LogP contribution >= 0.6 is 23.2 Å². The standard InChI is InChI=1S/C11H15Cl2NO4S/c1-3-9(14-19(15,16)17)11(18-2)10-7(12)5-4-6-8(10)13/h4-6,9,11,14H,3H2,1-2H3,(H,15,16,17)/t9-,11+/m1/s1. The number of nitrogens with one attached hydrogen (secondary N) is 1. The van der Waals surface area contributed by atoms with Crippen molar-refractivity contribution in [3.8, 4) is 0 Å². The molecule has 108 valence electrons. The summed E-state index contributed by atoms with van der Waals surface area (Å²) in [6, 6.07) is 4.26. The van der Waals surface area contributed by atoms with E-state index in [9.17, 15) is 8.42 Å². The number of benzene rings is 1. The van der Waals surface area contributed by atoms with Crippen molar-refractivity contribution in [2.45, 2.75) is 25.5 Å². The minimum Gasteiger partial charge on any atom is -0.375 e. The summed E-state index contributed by atoms with van der Waals surface area (Å²) < 4.78 is 38.2. The van der Waals surface area contributed by atoms with E-state index in [2.05, 4.69) is 4.72 Å². The number of methoxy groups -OCH3 is 1. The monoisotopic (exact) mass is 327 g/mol. The Kier molecular flexibility index (Phi) is 6.04. The smallest absolute Gasteiger partial charge is 0.333 e. The molecule has 5 nitrogen and oxygen atoms in total. The van der Waals surface area contributed by atoms with Crippen molar-refractivity contribution in [3.63, 3.8) is 0 Å². The summed E-state index contributed by atoms with van der Waals surface area (Å²) in [4.78, 5) is 0. The summed E-state index contributed by atoms with van der Waals surface area (Å²) in [5, 5.41) is 0.741. The SMILES string of the molecule is CC[C@@H](NS(=O)(=O)O)[C@H](OC)c1c(Cl)cccc1Cl. The van der Waals surface area contributed by atoms with Crippen molar-refractivity contribution in [2.75, 3.05) is 7.11 Å². The van der Waals surface area contributed by atoms with Crippen LogP contribution in [0, 0.1) is 0 Å². The molecule has 0 heterocycles. The first-order valence-electron chi connectivity index (χ1n) is 5.51. The van der Waals surface area contributed by atoms with E-state index in [0.29, 0.717) is 22.0 Å². The summed E-state index contributed by atoms with van der Waals surface area (Å²) in [6.07, 6.45) is -0.312. The van der Waals surface area contributed by atoms with Crippen LogP contribution in [-0.4, -0.2) is 26.1 Å². The van der Waals surface area contributed by atoms with Gasteiger partial charge in [-0.1, -0.05) is 36.2 Å². The summed E-state index contributed by atoms with van der Waals surface area (Å²) in [7, 11) is -2.93. The molecule has 1 aromatic carbocycles. The summed E-state index contributed by atoms with van der Waals surface area (Å²) in [5.74, 6) is 0. The van der Waals surface area contributed by atoms with Crippen LogP contribution in [0.5, 0.6) is 0 Å². The zero-order valence-electron chi connectivity index (χ0n) is 10.4. The molecule has 0 bridgehead atoms. The lowest BCUT2D eigenvalue weighted by molar-refractivity contribution is 0.0732. The minimum absolute atomic E-state index is 0.370. The molecule has 0 aliphatic heterocycles. The fourth-order valence-electron chi connectivity index (χ4n) is 1.82. The highest BCUT2D eigenvalue weighted by Crippen LogP contribution is 2.34. The second-order valence-corrected chi connectivity index (χ2v) is 5.90. The van der Waals surface area contributed by atoms with Gasteiger partial charge in [0.1, 0.15) is 6.10 Å². The van der Waals surface area contributed by atoms with E-state index in [1.54, 1.807) is 25.1 Å². The molecule has 0 radical (unpaired) electrons. The molecule has 0 spiro atoms. The van der Waals surface area contributed by atoms with Crippen LogP contribution in [0.4, 0.5) is 0 Å². The van der Waals surface area contributed by atoms with Gasteiger partial charge in [0.25, 0.3) is 0 Å². The Balaban J connectivity index is 3.18.